The van der Waals surface area contributed by atoms with Crippen molar-refractivity contribution in [3.63, 3.8) is 0 Å². The third-order valence-electron chi connectivity index (χ3n) is 3.99. The molecule has 1 aliphatic heterocycles. The third kappa shape index (κ3) is 3.64. The molecule has 1 heterocycles. The SMILES string of the molecule is CC(C)(C)N1C(=O)c2ccc(NC(=O)Nc3ccc(F)c(Cl)c3)cc2C1=O. The van der Waals surface area contributed by atoms with Gasteiger partial charge in [-0.05, 0) is 57.2 Å². The van der Waals surface area contributed by atoms with Crippen LogP contribution in [0.2, 0.25) is 5.02 Å². The van der Waals surface area contributed by atoms with Crippen molar-refractivity contribution < 1.29 is 18.8 Å². The summed E-state index contributed by atoms with van der Waals surface area (Å²) in [5.74, 6) is -1.36. The lowest BCUT2D eigenvalue weighted by molar-refractivity contribution is 0.0507. The predicted molar refractivity (Wildman–Crippen MR) is 101 cm³/mol. The van der Waals surface area contributed by atoms with E-state index in [-0.39, 0.29) is 16.5 Å². The van der Waals surface area contributed by atoms with Crippen molar-refractivity contribution in [3.8, 4) is 0 Å². The number of imide groups is 1. The summed E-state index contributed by atoms with van der Waals surface area (Å²) < 4.78 is 13.2. The van der Waals surface area contributed by atoms with Crippen LogP contribution in [-0.2, 0) is 0 Å². The van der Waals surface area contributed by atoms with Gasteiger partial charge in [0.25, 0.3) is 11.8 Å². The summed E-state index contributed by atoms with van der Waals surface area (Å²) in [5.41, 5.74) is 0.533. The van der Waals surface area contributed by atoms with Gasteiger partial charge in [0.15, 0.2) is 0 Å². The summed E-state index contributed by atoms with van der Waals surface area (Å²) in [5, 5.41) is 4.98. The van der Waals surface area contributed by atoms with Crippen LogP contribution in [0.1, 0.15) is 41.5 Å². The van der Waals surface area contributed by atoms with Crippen molar-refractivity contribution >= 4 is 40.8 Å². The largest absolute Gasteiger partial charge is 0.323 e. The number of carbonyl (C=O) groups is 3. The van der Waals surface area contributed by atoms with Gasteiger partial charge in [0.1, 0.15) is 5.82 Å². The Morgan fingerprint density at radius 3 is 2.11 bits per heavy atom. The zero-order chi connectivity index (χ0) is 19.9. The molecule has 4 amide bonds. The van der Waals surface area contributed by atoms with Crippen molar-refractivity contribution in [2.24, 2.45) is 0 Å². The molecule has 0 spiro atoms. The predicted octanol–water partition coefficient (Wildman–Crippen LogP) is 4.52. The molecule has 3 rings (SSSR count). The maximum absolute atomic E-state index is 13.2. The van der Waals surface area contributed by atoms with Crippen LogP contribution in [0.3, 0.4) is 0 Å². The molecule has 0 unspecified atom stereocenters. The van der Waals surface area contributed by atoms with Gasteiger partial charge < -0.3 is 10.6 Å². The number of halogens is 2. The second-order valence-electron chi connectivity index (χ2n) is 7.08. The molecule has 0 saturated heterocycles. The number of nitrogens with zero attached hydrogens (tertiary/aromatic N) is 1. The molecule has 2 N–H and O–H groups in total. The van der Waals surface area contributed by atoms with Crippen LogP contribution in [0.4, 0.5) is 20.6 Å². The molecule has 0 saturated carbocycles. The minimum absolute atomic E-state index is 0.114. The monoisotopic (exact) mass is 389 g/mol. The minimum Gasteiger partial charge on any atom is -0.308 e. The Morgan fingerprint density at radius 2 is 1.52 bits per heavy atom. The number of anilines is 2. The number of rotatable bonds is 2. The lowest BCUT2D eigenvalue weighted by Gasteiger charge is -2.29. The first kappa shape index (κ1) is 18.8. The normalized spacial score (nSPS) is 13.6. The van der Waals surface area contributed by atoms with Gasteiger partial charge in [0.05, 0.1) is 16.1 Å². The van der Waals surface area contributed by atoms with Crippen LogP contribution >= 0.6 is 11.6 Å². The van der Waals surface area contributed by atoms with Crippen molar-refractivity contribution in [2.75, 3.05) is 10.6 Å². The standard InChI is InChI=1S/C19H17ClFN3O3/c1-19(2,3)24-16(25)12-6-4-10(8-13(12)17(24)26)22-18(27)23-11-5-7-15(21)14(20)9-11/h4-9H,1-3H3,(H2,22,23,27). The average Bonchev–Trinajstić information content (AvgIpc) is 2.81. The van der Waals surface area contributed by atoms with Crippen LogP contribution in [-0.4, -0.2) is 28.3 Å². The maximum atomic E-state index is 13.2. The quantitative estimate of drug-likeness (QED) is 0.741. The molecule has 140 valence electrons. The molecule has 0 aromatic heterocycles. The molecule has 6 nitrogen and oxygen atoms in total. The van der Waals surface area contributed by atoms with Crippen LogP contribution < -0.4 is 10.6 Å². The summed E-state index contributed by atoms with van der Waals surface area (Å²) in [4.78, 5) is 38.4. The number of benzene rings is 2. The maximum Gasteiger partial charge on any atom is 0.323 e. The Morgan fingerprint density at radius 1 is 0.963 bits per heavy atom. The minimum atomic E-state index is -0.653. The zero-order valence-electron chi connectivity index (χ0n) is 14.9. The van der Waals surface area contributed by atoms with Gasteiger partial charge in [-0.25, -0.2) is 9.18 Å². The van der Waals surface area contributed by atoms with Crippen molar-refractivity contribution in [1.29, 1.82) is 0 Å². The number of hydrogen-bond acceptors (Lipinski definition) is 3. The number of urea groups is 1. The highest BCUT2D eigenvalue weighted by molar-refractivity contribution is 6.31. The van der Waals surface area contributed by atoms with Gasteiger partial charge >= 0.3 is 6.03 Å². The van der Waals surface area contributed by atoms with Crippen molar-refractivity contribution in [3.05, 3.63) is 58.4 Å². The molecule has 2 aromatic carbocycles. The van der Waals surface area contributed by atoms with E-state index in [9.17, 15) is 18.8 Å². The number of nitrogens with one attached hydrogen (secondary N) is 2. The molecule has 0 atom stereocenters. The van der Waals surface area contributed by atoms with Gasteiger partial charge in [-0.2, -0.15) is 0 Å². The fourth-order valence-corrected chi connectivity index (χ4v) is 2.98. The molecular formula is C19H17ClFN3O3. The van der Waals surface area contributed by atoms with E-state index < -0.39 is 23.3 Å². The van der Waals surface area contributed by atoms with Gasteiger partial charge in [0.2, 0.25) is 0 Å². The molecule has 0 bridgehead atoms. The van der Waals surface area contributed by atoms with E-state index in [2.05, 4.69) is 10.6 Å². The topological polar surface area (TPSA) is 78.5 Å². The Hall–Kier alpha value is -2.93. The van der Waals surface area contributed by atoms with Gasteiger partial charge in [0, 0.05) is 16.9 Å². The first-order chi connectivity index (χ1) is 12.6. The fourth-order valence-electron chi connectivity index (χ4n) is 2.80. The highest BCUT2D eigenvalue weighted by atomic mass is 35.5. The number of carbonyl (C=O) groups excluding carboxylic acids is 3. The Labute approximate surface area is 160 Å². The van der Waals surface area contributed by atoms with E-state index in [0.717, 1.165) is 6.07 Å². The van der Waals surface area contributed by atoms with Crippen LogP contribution in [0.25, 0.3) is 0 Å². The van der Waals surface area contributed by atoms with Crippen LogP contribution in [0, 0.1) is 5.82 Å². The molecule has 0 aliphatic carbocycles. The first-order valence-corrected chi connectivity index (χ1v) is 8.52. The fraction of sp³-hybridized carbons (Fsp3) is 0.211. The second-order valence-corrected chi connectivity index (χ2v) is 7.49. The molecular weight excluding hydrogens is 373 g/mol. The Balaban J connectivity index is 1.78. The Kier molecular flexibility index (Phi) is 4.65. The zero-order valence-corrected chi connectivity index (χ0v) is 15.6. The van der Waals surface area contributed by atoms with Crippen molar-refractivity contribution in [1.82, 2.24) is 4.90 Å². The highest BCUT2D eigenvalue weighted by Gasteiger charge is 2.41. The molecule has 1 aliphatic rings. The number of hydrogen-bond donors (Lipinski definition) is 2. The average molecular weight is 390 g/mol. The molecule has 0 fully saturated rings. The molecule has 2 aromatic rings. The Bertz CT molecular complexity index is 969. The van der Waals surface area contributed by atoms with E-state index in [4.69, 9.17) is 11.6 Å². The lowest BCUT2D eigenvalue weighted by atomic mass is 10.1. The molecule has 0 radical (unpaired) electrons. The summed E-state index contributed by atoms with van der Waals surface area (Å²) >= 11 is 5.68. The van der Waals surface area contributed by atoms with Gasteiger partial charge in [-0.1, -0.05) is 11.6 Å². The summed E-state index contributed by atoms with van der Waals surface area (Å²) in [6.07, 6.45) is 0. The summed E-state index contributed by atoms with van der Waals surface area (Å²) in [7, 11) is 0. The molecule has 27 heavy (non-hydrogen) atoms. The lowest BCUT2D eigenvalue weighted by Crippen LogP contribution is -2.45. The summed E-state index contributed by atoms with van der Waals surface area (Å²) in [6.45, 7) is 5.32. The van der Waals surface area contributed by atoms with E-state index in [0.29, 0.717) is 16.9 Å². The van der Waals surface area contributed by atoms with Crippen LogP contribution in [0.15, 0.2) is 36.4 Å². The molecule has 8 heteroatoms. The van der Waals surface area contributed by atoms with E-state index in [1.165, 1.54) is 35.2 Å². The van der Waals surface area contributed by atoms with Crippen LogP contribution in [0.5, 0.6) is 0 Å². The van der Waals surface area contributed by atoms with Gasteiger partial charge in [-0.3, -0.25) is 14.5 Å². The highest BCUT2D eigenvalue weighted by Crippen LogP contribution is 2.31. The summed E-state index contributed by atoms with van der Waals surface area (Å²) in [6, 6.07) is 7.69. The van der Waals surface area contributed by atoms with E-state index >= 15 is 0 Å². The first-order valence-electron chi connectivity index (χ1n) is 8.14. The number of fused-ring (bicyclic) bond motifs is 1. The van der Waals surface area contributed by atoms with E-state index in [1.807, 2.05) is 0 Å². The van der Waals surface area contributed by atoms with Gasteiger partial charge in [-0.15, -0.1) is 0 Å². The smallest absolute Gasteiger partial charge is 0.308 e. The van der Waals surface area contributed by atoms with E-state index in [1.54, 1.807) is 20.8 Å². The number of amides is 4. The second kappa shape index (κ2) is 6.66. The third-order valence-corrected chi connectivity index (χ3v) is 4.28. The van der Waals surface area contributed by atoms with Crippen molar-refractivity contribution in [2.45, 2.75) is 26.3 Å².